The number of thioether (sulfide) groups is 1. The molecule has 0 spiro atoms. The molecule has 8 heteroatoms. The number of amides is 2. The van der Waals surface area contributed by atoms with Crippen LogP contribution >= 0.6 is 11.8 Å². The van der Waals surface area contributed by atoms with Crippen LogP contribution in [0.5, 0.6) is 0 Å². The van der Waals surface area contributed by atoms with Crippen LogP contribution in [0.2, 0.25) is 0 Å². The van der Waals surface area contributed by atoms with Gasteiger partial charge in [-0.3, -0.25) is 9.59 Å². The molecule has 162 valence electrons. The Kier molecular flexibility index (Phi) is 7.12. The first-order chi connectivity index (χ1) is 14.7. The fourth-order valence-corrected chi connectivity index (χ4v) is 3.83. The van der Waals surface area contributed by atoms with E-state index in [4.69, 9.17) is 0 Å². The zero-order valence-electron chi connectivity index (χ0n) is 18.4. The van der Waals surface area contributed by atoms with Crippen molar-refractivity contribution in [2.45, 2.75) is 39.3 Å². The zero-order chi connectivity index (χ0) is 22.5. The number of hydrogen-bond acceptors (Lipinski definition) is 5. The maximum Gasteiger partial charge on any atom is 0.234 e. The van der Waals surface area contributed by atoms with Gasteiger partial charge in [-0.1, -0.05) is 41.6 Å². The predicted octanol–water partition coefficient (Wildman–Crippen LogP) is 3.96. The number of rotatable bonds is 7. The minimum absolute atomic E-state index is 0.103. The molecule has 31 heavy (non-hydrogen) atoms. The van der Waals surface area contributed by atoms with Crippen LogP contribution in [0.4, 0.5) is 11.4 Å². The summed E-state index contributed by atoms with van der Waals surface area (Å²) < 4.78 is 1.75. The fourth-order valence-electron chi connectivity index (χ4n) is 3.10. The van der Waals surface area contributed by atoms with Crippen molar-refractivity contribution in [1.82, 2.24) is 14.8 Å². The Morgan fingerprint density at radius 1 is 0.871 bits per heavy atom. The smallest absolute Gasteiger partial charge is 0.234 e. The van der Waals surface area contributed by atoms with E-state index in [0.29, 0.717) is 11.0 Å². The molecule has 0 saturated carbocycles. The third-order valence-electron chi connectivity index (χ3n) is 4.90. The first-order valence-electron chi connectivity index (χ1n) is 9.98. The first-order valence-corrected chi connectivity index (χ1v) is 11.0. The number of hydrogen-bond donors (Lipinski definition) is 2. The number of aryl methyl sites for hydroxylation is 4. The van der Waals surface area contributed by atoms with Gasteiger partial charge in [0.05, 0.1) is 12.2 Å². The fraction of sp³-hybridized carbons (Fsp3) is 0.304. The molecule has 0 aliphatic rings. The van der Waals surface area contributed by atoms with E-state index < -0.39 is 0 Å². The summed E-state index contributed by atoms with van der Waals surface area (Å²) in [4.78, 5) is 24.8. The molecular weight excluding hydrogens is 410 g/mol. The van der Waals surface area contributed by atoms with Crippen LogP contribution in [-0.2, 0) is 23.1 Å². The van der Waals surface area contributed by atoms with E-state index in [0.717, 1.165) is 33.6 Å². The minimum atomic E-state index is -0.160. The molecule has 3 aromatic rings. The summed E-state index contributed by atoms with van der Waals surface area (Å²) in [6.45, 7) is 7.92. The van der Waals surface area contributed by atoms with Crippen LogP contribution in [0.3, 0.4) is 0 Å². The summed E-state index contributed by atoms with van der Waals surface area (Å²) >= 11 is 1.29. The molecule has 0 radical (unpaired) electrons. The average molecular weight is 438 g/mol. The lowest BCUT2D eigenvalue weighted by Crippen LogP contribution is -2.18. The molecule has 0 bridgehead atoms. The van der Waals surface area contributed by atoms with E-state index in [1.165, 1.54) is 11.8 Å². The number of benzene rings is 2. The second-order valence-corrected chi connectivity index (χ2v) is 8.60. The Bertz CT molecular complexity index is 1120. The summed E-state index contributed by atoms with van der Waals surface area (Å²) in [5, 5.41) is 14.7. The monoisotopic (exact) mass is 437 g/mol. The van der Waals surface area contributed by atoms with Crippen LogP contribution in [0.25, 0.3) is 0 Å². The van der Waals surface area contributed by atoms with Crippen LogP contribution < -0.4 is 10.6 Å². The molecular formula is C23H27N5O2S. The lowest BCUT2D eigenvalue weighted by Gasteiger charge is -2.10. The van der Waals surface area contributed by atoms with Crippen molar-refractivity contribution in [3.63, 3.8) is 0 Å². The SMILES string of the molecule is Cc1ccc(NC(=O)Cc2nnc(SCC(=O)Nc3cc(C)ccc3C)n2C)c(C)c1. The Labute approximate surface area is 186 Å². The van der Waals surface area contributed by atoms with Crippen LogP contribution in [-0.4, -0.2) is 32.3 Å². The summed E-state index contributed by atoms with van der Waals surface area (Å²) in [6.07, 6.45) is 0.103. The van der Waals surface area contributed by atoms with Gasteiger partial charge in [-0.05, 0) is 56.5 Å². The Morgan fingerprint density at radius 2 is 1.55 bits per heavy atom. The second-order valence-electron chi connectivity index (χ2n) is 7.66. The molecule has 1 aromatic heterocycles. The lowest BCUT2D eigenvalue weighted by molar-refractivity contribution is -0.116. The highest BCUT2D eigenvalue weighted by Gasteiger charge is 2.15. The molecule has 0 aliphatic carbocycles. The first kappa shape index (κ1) is 22.6. The largest absolute Gasteiger partial charge is 0.325 e. The van der Waals surface area contributed by atoms with E-state index in [9.17, 15) is 9.59 Å². The molecule has 2 aromatic carbocycles. The van der Waals surface area contributed by atoms with Crippen molar-refractivity contribution >= 4 is 35.0 Å². The normalized spacial score (nSPS) is 10.7. The van der Waals surface area contributed by atoms with Gasteiger partial charge < -0.3 is 15.2 Å². The van der Waals surface area contributed by atoms with Crippen molar-refractivity contribution in [2.75, 3.05) is 16.4 Å². The quantitative estimate of drug-likeness (QED) is 0.546. The molecule has 0 saturated heterocycles. The molecule has 3 rings (SSSR count). The van der Waals surface area contributed by atoms with E-state index in [2.05, 4.69) is 20.8 Å². The molecule has 2 amide bonds. The maximum atomic E-state index is 12.4. The zero-order valence-corrected chi connectivity index (χ0v) is 19.3. The number of nitrogens with zero attached hydrogens (tertiary/aromatic N) is 3. The highest BCUT2D eigenvalue weighted by molar-refractivity contribution is 7.99. The summed E-state index contributed by atoms with van der Waals surface area (Å²) in [6, 6.07) is 11.8. The number of anilines is 2. The standard InChI is InChI=1S/C23H27N5O2S/c1-14-7-9-18(17(4)10-14)24-21(29)12-20-26-27-23(28(20)5)31-13-22(30)25-19-11-15(2)6-8-16(19)3/h6-11H,12-13H2,1-5H3,(H,24,29)(H,25,30). The van der Waals surface area contributed by atoms with Crippen molar-refractivity contribution < 1.29 is 9.59 Å². The van der Waals surface area contributed by atoms with Crippen molar-refractivity contribution in [3.05, 3.63) is 64.5 Å². The van der Waals surface area contributed by atoms with Gasteiger partial charge in [0, 0.05) is 18.4 Å². The highest BCUT2D eigenvalue weighted by Crippen LogP contribution is 2.20. The maximum absolute atomic E-state index is 12.4. The summed E-state index contributed by atoms with van der Waals surface area (Å²) in [5.74, 6) is 0.468. The number of carbonyl (C=O) groups is 2. The van der Waals surface area contributed by atoms with Gasteiger partial charge in [-0.2, -0.15) is 0 Å². The van der Waals surface area contributed by atoms with Crippen molar-refractivity contribution in [2.24, 2.45) is 7.05 Å². The van der Waals surface area contributed by atoms with Gasteiger partial charge in [0.1, 0.15) is 5.82 Å². The van der Waals surface area contributed by atoms with Crippen LogP contribution in [0.1, 0.15) is 28.1 Å². The van der Waals surface area contributed by atoms with Crippen LogP contribution in [0.15, 0.2) is 41.6 Å². The van der Waals surface area contributed by atoms with Gasteiger partial charge in [-0.15, -0.1) is 10.2 Å². The molecule has 0 unspecified atom stereocenters. The van der Waals surface area contributed by atoms with E-state index in [1.807, 2.05) is 64.1 Å². The van der Waals surface area contributed by atoms with E-state index in [1.54, 1.807) is 11.6 Å². The molecule has 7 nitrogen and oxygen atoms in total. The topological polar surface area (TPSA) is 88.9 Å². The molecule has 0 fully saturated rings. The third-order valence-corrected chi connectivity index (χ3v) is 5.92. The molecule has 2 N–H and O–H groups in total. The van der Waals surface area contributed by atoms with E-state index >= 15 is 0 Å². The Hall–Kier alpha value is -3.13. The minimum Gasteiger partial charge on any atom is -0.325 e. The third kappa shape index (κ3) is 5.95. The van der Waals surface area contributed by atoms with Gasteiger partial charge in [0.25, 0.3) is 0 Å². The van der Waals surface area contributed by atoms with Gasteiger partial charge in [-0.25, -0.2) is 0 Å². The van der Waals surface area contributed by atoms with Gasteiger partial charge in [0.15, 0.2) is 5.16 Å². The number of carbonyl (C=O) groups excluding carboxylic acids is 2. The summed E-state index contributed by atoms with van der Waals surface area (Å²) in [5.41, 5.74) is 5.86. The highest BCUT2D eigenvalue weighted by atomic mass is 32.2. The van der Waals surface area contributed by atoms with Gasteiger partial charge in [0.2, 0.25) is 11.8 Å². The average Bonchev–Trinajstić information content (AvgIpc) is 3.05. The second kappa shape index (κ2) is 9.78. The molecule has 1 heterocycles. The van der Waals surface area contributed by atoms with Gasteiger partial charge >= 0.3 is 0 Å². The lowest BCUT2D eigenvalue weighted by atomic mass is 10.1. The van der Waals surface area contributed by atoms with Crippen molar-refractivity contribution in [3.8, 4) is 0 Å². The number of aromatic nitrogens is 3. The summed E-state index contributed by atoms with van der Waals surface area (Å²) in [7, 11) is 1.80. The Balaban J connectivity index is 1.56. The van der Waals surface area contributed by atoms with Crippen LogP contribution in [0, 0.1) is 27.7 Å². The predicted molar refractivity (Wildman–Crippen MR) is 125 cm³/mol. The molecule has 0 atom stereocenters. The van der Waals surface area contributed by atoms with E-state index in [-0.39, 0.29) is 24.0 Å². The number of nitrogens with one attached hydrogen (secondary N) is 2. The van der Waals surface area contributed by atoms with Crippen molar-refractivity contribution in [1.29, 1.82) is 0 Å². The Morgan fingerprint density at radius 3 is 2.29 bits per heavy atom. The molecule has 0 aliphatic heterocycles.